The number of nitrogens with one attached hydrogen (secondary N) is 1. The van der Waals surface area contributed by atoms with Gasteiger partial charge in [0.1, 0.15) is 11.6 Å². The van der Waals surface area contributed by atoms with Crippen LogP contribution in [0.5, 0.6) is 0 Å². The lowest BCUT2D eigenvalue weighted by atomic mass is 9.94. The van der Waals surface area contributed by atoms with Gasteiger partial charge in [-0.25, -0.2) is 19.2 Å². The van der Waals surface area contributed by atoms with Crippen molar-refractivity contribution < 1.29 is 22.4 Å². The number of likely N-dealkylation sites (tertiary alicyclic amines) is 1. The molecular formula is C23H26ClF4N5O. The van der Waals surface area contributed by atoms with E-state index in [4.69, 9.17) is 11.6 Å². The molecule has 1 saturated heterocycles. The summed E-state index contributed by atoms with van der Waals surface area (Å²) in [6, 6.07) is 4.18. The third-order valence-electron chi connectivity index (χ3n) is 6.51. The number of urea groups is 1. The van der Waals surface area contributed by atoms with Crippen molar-refractivity contribution in [3.8, 4) is 0 Å². The minimum Gasteiger partial charge on any atom is -0.333 e. The summed E-state index contributed by atoms with van der Waals surface area (Å²) in [6.45, 7) is 3.00. The minimum atomic E-state index is -4.32. The molecule has 1 N–H and O–H groups in total. The van der Waals surface area contributed by atoms with Gasteiger partial charge in [0, 0.05) is 38.2 Å². The molecule has 1 aromatic carbocycles. The number of halogens is 5. The van der Waals surface area contributed by atoms with Gasteiger partial charge in [-0.05, 0) is 36.7 Å². The van der Waals surface area contributed by atoms with Crippen molar-refractivity contribution in [3.05, 3.63) is 57.9 Å². The van der Waals surface area contributed by atoms with E-state index in [1.165, 1.54) is 12.1 Å². The predicted octanol–water partition coefficient (Wildman–Crippen LogP) is 4.18. The van der Waals surface area contributed by atoms with Crippen LogP contribution in [0.15, 0.2) is 24.4 Å². The van der Waals surface area contributed by atoms with Crippen LogP contribution in [0.3, 0.4) is 0 Å². The largest absolute Gasteiger partial charge is 0.391 e. The Morgan fingerprint density at radius 2 is 2.09 bits per heavy atom. The predicted molar refractivity (Wildman–Crippen MR) is 119 cm³/mol. The Morgan fingerprint density at radius 1 is 1.32 bits per heavy atom. The van der Waals surface area contributed by atoms with E-state index in [-0.39, 0.29) is 41.8 Å². The standard InChI is InChI=1S/C23H26ClF4N5O/c1-13(23(26,27)28)7-21-29-9-15-5-6-33(12-19(15)30-21)22(34)31-20-11-32(2)10-16(20)14-3-4-17(24)18(25)8-14/h3-4,8-9,13,16,20H,5-7,10-12H2,1-2H3,(H,31,34)/t13-,16-,20?/m0/s1. The van der Waals surface area contributed by atoms with E-state index in [9.17, 15) is 22.4 Å². The van der Waals surface area contributed by atoms with Gasteiger partial charge in [-0.3, -0.25) is 0 Å². The number of fused-ring (bicyclic) bond motifs is 1. The second-order valence-corrected chi connectivity index (χ2v) is 9.54. The maximum atomic E-state index is 14.0. The van der Waals surface area contributed by atoms with Crippen LogP contribution in [0.25, 0.3) is 0 Å². The summed E-state index contributed by atoms with van der Waals surface area (Å²) in [6.07, 6.45) is -2.54. The number of carbonyl (C=O) groups is 1. The highest BCUT2D eigenvalue weighted by Crippen LogP contribution is 2.30. The van der Waals surface area contributed by atoms with Crippen molar-refractivity contribution >= 4 is 17.6 Å². The molecule has 3 atom stereocenters. The average Bonchev–Trinajstić information content (AvgIpc) is 3.14. The summed E-state index contributed by atoms with van der Waals surface area (Å²) in [5, 5.41) is 3.11. The lowest BCUT2D eigenvalue weighted by Gasteiger charge is -2.30. The molecular weight excluding hydrogens is 474 g/mol. The van der Waals surface area contributed by atoms with Crippen molar-refractivity contribution in [2.75, 3.05) is 26.7 Å². The van der Waals surface area contributed by atoms with Gasteiger partial charge in [0.05, 0.1) is 29.2 Å². The normalized spacial score (nSPS) is 21.9. The Bertz CT molecular complexity index is 1070. The third kappa shape index (κ3) is 5.43. The molecule has 2 aliphatic rings. The first-order chi connectivity index (χ1) is 16.0. The number of aromatic nitrogens is 2. The second kappa shape index (κ2) is 9.65. The number of likely N-dealkylation sites (N-methyl/N-ethyl adjacent to an activating group) is 1. The monoisotopic (exact) mass is 499 g/mol. The highest BCUT2D eigenvalue weighted by Gasteiger charge is 2.37. The quantitative estimate of drug-likeness (QED) is 0.641. The summed E-state index contributed by atoms with van der Waals surface area (Å²) >= 11 is 5.81. The highest BCUT2D eigenvalue weighted by molar-refractivity contribution is 6.30. The number of hydrogen-bond acceptors (Lipinski definition) is 4. The average molecular weight is 500 g/mol. The third-order valence-corrected chi connectivity index (χ3v) is 6.82. The van der Waals surface area contributed by atoms with Crippen LogP contribution in [-0.2, 0) is 19.4 Å². The summed E-state index contributed by atoms with van der Waals surface area (Å²) in [5.41, 5.74) is 2.17. The topological polar surface area (TPSA) is 61.4 Å². The van der Waals surface area contributed by atoms with Crippen LogP contribution in [0, 0.1) is 11.7 Å². The molecule has 1 unspecified atom stereocenters. The molecule has 4 rings (SSSR count). The summed E-state index contributed by atoms with van der Waals surface area (Å²) in [5.74, 6) is -2.03. The lowest BCUT2D eigenvalue weighted by molar-refractivity contribution is -0.169. The zero-order valence-corrected chi connectivity index (χ0v) is 19.6. The van der Waals surface area contributed by atoms with E-state index < -0.39 is 17.9 Å². The van der Waals surface area contributed by atoms with Crippen molar-refractivity contribution in [2.45, 2.75) is 44.4 Å². The summed E-state index contributed by atoms with van der Waals surface area (Å²) in [4.78, 5) is 25.2. The van der Waals surface area contributed by atoms with Crippen LogP contribution < -0.4 is 5.32 Å². The molecule has 2 aromatic rings. The van der Waals surface area contributed by atoms with Gasteiger partial charge in [-0.2, -0.15) is 13.2 Å². The Balaban J connectivity index is 1.44. The van der Waals surface area contributed by atoms with E-state index >= 15 is 0 Å². The van der Waals surface area contributed by atoms with Gasteiger partial charge < -0.3 is 15.1 Å². The van der Waals surface area contributed by atoms with Crippen molar-refractivity contribution in [1.82, 2.24) is 25.1 Å². The first-order valence-corrected chi connectivity index (χ1v) is 11.5. The van der Waals surface area contributed by atoms with Crippen LogP contribution in [-0.4, -0.2) is 64.7 Å². The highest BCUT2D eigenvalue weighted by atomic mass is 35.5. The molecule has 0 bridgehead atoms. The van der Waals surface area contributed by atoms with Crippen molar-refractivity contribution in [1.29, 1.82) is 0 Å². The van der Waals surface area contributed by atoms with E-state index in [2.05, 4.69) is 20.2 Å². The second-order valence-electron chi connectivity index (χ2n) is 9.13. The first-order valence-electron chi connectivity index (χ1n) is 11.1. The number of nitrogens with zero attached hydrogens (tertiary/aromatic N) is 4. The van der Waals surface area contributed by atoms with E-state index in [1.807, 2.05) is 7.05 Å². The van der Waals surface area contributed by atoms with Crippen LogP contribution in [0.1, 0.15) is 35.5 Å². The molecule has 184 valence electrons. The SMILES string of the molecule is C[C@@H](Cc1ncc2c(n1)CN(C(=O)NC1CN(C)C[C@H]1c1ccc(Cl)c(F)c1)CC2)C(F)(F)F. The molecule has 1 fully saturated rings. The Hall–Kier alpha value is -2.46. The fraction of sp³-hybridized carbons (Fsp3) is 0.522. The molecule has 0 radical (unpaired) electrons. The first kappa shape index (κ1) is 24.7. The maximum Gasteiger partial charge on any atom is 0.391 e. The zero-order chi connectivity index (χ0) is 24.6. The van der Waals surface area contributed by atoms with Gasteiger partial charge in [-0.15, -0.1) is 0 Å². The molecule has 0 spiro atoms. The van der Waals surface area contributed by atoms with Crippen molar-refractivity contribution in [2.24, 2.45) is 5.92 Å². The number of carbonyl (C=O) groups excluding carboxylic acids is 1. The van der Waals surface area contributed by atoms with E-state index in [0.717, 1.165) is 18.1 Å². The molecule has 6 nitrogen and oxygen atoms in total. The molecule has 2 amide bonds. The molecule has 11 heteroatoms. The van der Waals surface area contributed by atoms with Crippen LogP contribution in [0.2, 0.25) is 5.02 Å². The maximum absolute atomic E-state index is 14.0. The number of rotatable bonds is 4. The molecule has 34 heavy (non-hydrogen) atoms. The fourth-order valence-electron chi connectivity index (χ4n) is 4.48. The molecule has 0 aliphatic carbocycles. The molecule has 2 aliphatic heterocycles. The Labute approximate surface area is 200 Å². The van der Waals surface area contributed by atoms with Crippen LogP contribution in [0.4, 0.5) is 22.4 Å². The van der Waals surface area contributed by atoms with Crippen LogP contribution >= 0.6 is 11.6 Å². The Kier molecular flexibility index (Phi) is 7.00. The molecule has 1 aromatic heterocycles. The molecule has 0 saturated carbocycles. The van der Waals surface area contributed by atoms with Gasteiger partial charge in [-0.1, -0.05) is 24.6 Å². The molecule has 3 heterocycles. The van der Waals surface area contributed by atoms with Crippen molar-refractivity contribution in [3.63, 3.8) is 0 Å². The number of hydrogen-bond donors (Lipinski definition) is 1. The number of amides is 2. The Morgan fingerprint density at radius 3 is 2.79 bits per heavy atom. The van der Waals surface area contributed by atoms with Gasteiger partial charge >= 0.3 is 12.2 Å². The fourth-order valence-corrected chi connectivity index (χ4v) is 4.60. The minimum absolute atomic E-state index is 0.0497. The zero-order valence-electron chi connectivity index (χ0n) is 18.9. The summed E-state index contributed by atoms with van der Waals surface area (Å²) < 4.78 is 52.7. The lowest BCUT2D eigenvalue weighted by Crippen LogP contribution is -2.49. The van der Waals surface area contributed by atoms with Gasteiger partial charge in [0.15, 0.2) is 0 Å². The van der Waals surface area contributed by atoms with Gasteiger partial charge in [0.25, 0.3) is 0 Å². The number of alkyl halides is 3. The van der Waals surface area contributed by atoms with E-state index in [1.54, 1.807) is 17.2 Å². The van der Waals surface area contributed by atoms with Gasteiger partial charge in [0.2, 0.25) is 0 Å². The summed E-state index contributed by atoms with van der Waals surface area (Å²) in [7, 11) is 1.93. The smallest absolute Gasteiger partial charge is 0.333 e. The number of benzene rings is 1. The van der Waals surface area contributed by atoms with E-state index in [0.29, 0.717) is 31.7 Å².